The van der Waals surface area contributed by atoms with Crippen LogP contribution in [0.4, 0.5) is 0 Å². The summed E-state index contributed by atoms with van der Waals surface area (Å²) in [6.07, 6.45) is 5.51. The molecule has 6 heteroatoms. The molecule has 0 aliphatic carbocycles. The van der Waals surface area contributed by atoms with E-state index in [4.69, 9.17) is 4.98 Å². The zero-order valence-electron chi connectivity index (χ0n) is 18.8. The number of hydrogen-bond donors (Lipinski definition) is 1. The molecule has 2 heterocycles. The number of imidazole rings is 1. The Hall–Kier alpha value is -3.15. The Kier molecular flexibility index (Phi) is 7.20. The van der Waals surface area contributed by atoms with Crippen LogP contribution in [0.15, 0.2) is 48.5 Å². The summed E-state index contributed by atoms with van der Waals surface area (Å²) >= 11 is 0. The minimum atomic E-state index is 0.00241. The molecule has 0 unspecified atom stereocenters. The van der Waals surface area contributed by atoms with Crippen molar-refractivity contribution in [3.05, 3.63) is 65.5 Å². The first kappa shape index (κ1) is 22.1. The van der Waals surface area contributed by atoms with Crippen LogP contribution in [-0.4, -0.2) is 45.9 Å². The molecule has 1 aliphatic rings. The fourth-order valence-electron chi connectivity index (χ4n) is 4.41. The Morgan fingerprint density at radius 3 is 2.47 bits per heavy atom. The standard InChI is InChI=1S/C26H32N4O2/c1-20-10-4-5-11-21(20)18-25(31)27-15-14-24-28-22-12-6-7-13-23(22)30(24)19-26(32)29-16-8-2-3-9-17-29/h4-7,10-13H,2-3,8-9,14-19H2,1H3,(H,27,31). The lowest BCUT2D eigenvalue weighted by Gasteiger charge is -2.21. The molecule has 1 aliphatic heterocycles. The lowest BCUT2D eigenvalue weighted by atomic mass is 10.1. The lowest BCUT2D eigenvalue weighted by molar-refractivity contribution is -0.131. The summed E-state index contributed by atoms with van der Waals surface area (Å²) in [5.74, 6) is 0.994. The van der Waals surface area contributed by atoms with Gasteiger partial charge in [0.2, 0.25) is 11.8 Å². The molecule has 0 atom stereocenters. The van der Waals surface area contributed by atoms with E-state index in [9.17, 15) is 9.59 Å². The van der Waals surface area contributed by atoms with Crippen LogP contribution in [0.3, 0.4) is 0 Å². The number of amides is 2. The van der Waals surface area contributed by atoms with Crippen molar-refractivity contribution >= 4 is 22.8 Å². The van der Waals surface area contributed by atoms with Crippen LogP contribution in [0.1, 0.15) is 42.6 Å². The van der Waals surface area contributed by atoms with E-state index >= 15 is 0 Å². The average Bonchev–Trinajstić information content (AvgIpc) is 2.95. The van der Waals surface area contributed by atoms with Crippen molar-refractivity contribution in [3.63, 3.8) is 0 Å². The second-order valence-corrected chi connectivity index (χ2v) is 8.60. The van der Waals surface area contributed by atoms with Crippen molar-refractivity contribution in [1.82, 2.24) is 19.8 Å². The molecule has 0 spiro atoms. The lowest BCUT2D eigenvalue weighted by Crippen LogP contribution is -2.35. The Morgan fingerprint density at radius 1 is 0.969 bits per heavy atom. The van der Waals surface area contributed by atoms with Crippen molar-refractivity contribution in [2.75, 3.05) is 19.6 Å². The number of rotatable bonds is 7. The van der Waals surface area contributed by atoms with Gasteiger partial charge >= 0.3 is 0 Å². The second kappa shape index (κ2) is 10.4. The fourth-order valence-corrected chi connectivity index (χ4v) is 4.41. The number of hydrogen-bond acceptors (Lipinski definition) is 3. The second-order valence-electron chi connectivity index (χ2n) is 8.60. The van der Waals surface area contributed by atoms with E-state index in [1.165, 1.54) is 12.8 Å². The number of nitrogens with one attached hydrogen (secondary N) is 1. The molecule has 0 radical (unpaired) electrons. The van der Waals surface area contributed by atoms with E-state index in [2.05, 4.69) is 5.32 Å². The van der Waals surface area contributed by atoms with Crippen molar-refractivity contribution < 1.29 is 9.59 Å². The van der Waals surface area contributed by atoms with Crippen molar-refractivity contribution in [3.8, 4) is 0 Å². The number of aryl methyl sites for hydroxylation is 1. The van der Waals surface area contributed by atoms with E-state index < -0.39 is 0 Å². The summed E-state index contributed by atoms with van der Waals surface area (Å²) in [6, 6.07) is 15.9. The predicted molar refractivity (Wildman–Crippen MR) is 126 cm³/mol. The molecule has 1 fully saturated rings. The van der Waals surface area contributed by atoms with Crippen molar-refractivity contribution in [2.45, 2.75) is 52.0 Å². The number of likely N-dealkylation sites (tertiary alicyclic amines) is 1. The number of carbonyl (C=O) groups is 2. The van der Waals surface area contributed by atoms with Gasteiger partial charge in [-0.15, -0.1) is 0 Å². The molecular weight excluding hydrogens is 400 g/mol. The minimum absolute atomic E-state index is 0.00241. The first-order valence-corrected chi connectivity index (χ1v) is 11.6. The first-order chi connectivity index (χ1) is 15.6. The molecule has 1 N–H and O–H groups in total. The minimum Gasteiger partial charge on any atom is -0.355 e. The molecule has 2 aromatic carbocycles. The van der Waals surface area contributed by atoms with Crippen LogP contribution in [0.25, 0.3) is 11.0 Å². The van der Waals surface area contributed by atoms with E-state index in [1.54, 1.807) is 0 Å². The van der Waals surface area contributed by atoms with E-state index in [-0.39, 0.29) is 11.8 Å². The van der Waals surface area contributed by atoms with Gasteiger partial charge in [0, 0.05) is 26.1 Å². The van der Waals surface area contributed by atoms with Gasteiger partial charge in [0.25, 0.3) is 0 Å². The molecule has 6 nitrogen and oxygen atoms in total. The molecule has 3 aromatic rings. The zero-order valence-corrected chi connectivity index (χ0v) is 18.8. The van der Waals surface area contributed by atoms with E-state index in [0.717, 1.165) is 53.9 Å². The third-order valence-electron chi connectivity index (χ3n) is 6.27. The topological polar surface area (TPSA) is 67.2 Å². The molecule has 32 heavy (non-hydrogen) atoms. The Balaban J connectivity index is 1.42. The predicted octanol–water partition coefficient (Wildman–Crippen LogP) is 3.65. The Bertz CT molecular complexity index is 1080. The quantitative estimate of drug-likeness (QED) is 0.620. The van der Waals surface area contributed by atoms with Gasteiger partial charge < -0.3 is 14.8 Å². The highest BCUT2D eigenvalue weighted by atomic mass is 16.2. The maximum Gasteiger partial charge on any atom is 0.242 e. The number of fused-ring (bicyclic) bond motifs is 1. The van der Waals surface area contributed by atoms with Crippen LogP contribution in [0, 0.1) is 6.92 Å². The highest BCUT2D eigenvalue weighted by Gasteiger charge is 2.19. The van der Waals surface area contributed by atoms with Crippen LogP contribution in [0.2, 0.25) is 0 Å². The summed E-state index contributed by atoms with van der Waals surface area (Å²) in [4.78, 5) is 32.2. The summed E-state index contributed by atoms with van der Waals surface area (Å²) in [7, 11) is 0. The monoisotopic (exact) mass is 432 g/mol. The Morgan fingerprint density at radius 2 is 1.69 bits per heavy atom. The number of para-hydroxylation sites is 2. The number of aromatic nitrogens is 2. The summed E-state index contributed by atoms with van der Waals surface area (Å²) in [5.41, 5.74) is 4.02. The van der Waals surface area contributed by atoms with Crippen molar-refractivity contribution in [2.24, 2.45) is 0 Å². The molecule has 2 amide bonds. The van der Waals surface area contributed by atoms with Crippen molar-refractivity contribution in [1.29, 1.82) is 0 Å². The molecule has 0 saturated carbocycles. The molecule has 1 saturated heterocycles. The van der Waals surface area contributed by atoms with E-state index in [0.29, 0.717) is 25.9 Å². The maximum atomic E-state index is 13.0. The Labute approximate surface area is 189 Å². The normalized spacial score (nSPS) is 14.3. The SMILES string of the molecule is Cc1ccccc1CC(=O)NCCc1nc2ccccc2n1CC(=O)N1CCCCCC1. The fraction of sp³-hybridized carbons (Fsp3) is 0.423. The molecule has 1 aromatic heterocycles. The third kappa shape index (κ3) is 5.36. The summed E-state index contributed by atoms with van der Waals surface area (Å²) < 4.78 is 2.02. The number of nitrogens with zero attached hydrogens (tertiary/aromatic N) is 3. The van der Waals surface area contributed by atoms with Gasteiger partial charge in [-0.05, 0) is 43.0 Å². The van der Waals surface area contributed by atoms with Crippen LogP contribution in [0.5, 0.6) is 0 Å². The maximum absolute atomic E-state index is 13.0. The molecule has 4 rings (SSSR count). The summed E-state index contributed by atoms with van der Waals surface area (Å²) in [5, 5.41) is 3.02. The van der Waals surface area contributed by atoms with Gasteiger partial charge in [0.15, 0.2) is 0 Å². The summed E-state index contributed by atoms with van der Waals surface area (Å²) in [6.45, 7) is 4.50. The van der Waals surface area contributed by atoms with Gasteiger partial charge in [-0.1, -0.05) is 49.2 Å². The van der Waals surface area contributed by atoms with E-state index in [1.807, 2.05) is 64.9 Å². The number of carbonyl (C=O) groups excluding carboxylic acids is 2. The number of benzene rings is 2. The third-order valence-corrected chi connectivity index (χ3v) is 6.27. The molecule has 168 valence electrons. The molecular formula is C26H32N4O2. The van der Waals surface area contributed by atoms with Gasteiger partial charge in [-0.3, -0.25) is 9.59 Å². The smallest absolute Gasteiger partial charge is 0.242 e. The first-order valence-electron chi connectivity index (χ1n) is 11.6. The van der Waals surface area contributed by atoms with Gasteiger partial charge in [0.05, 0.1) is 17.5 Å². The highest BCUT2D eigenvalue weighted by Crippen LogP contribution is 2.18. The van der Waals surface area contributed by atoms with Gasteiger partial charge in [0.1, 0.15) is 12.4 Å². The van der Waals surface area contributed by atoms with Crippen LogP contribution < -0.4 is 5.32 Å². The van der Waals surface area contributed by atoms with Crippen LogP contribution >= 0.6 is 0 Å². The van der Waals surface area contributed by atoms with Crippen LogP contribution in [-0.2, 0) is 29.0 Å². The van der Waals surface area contributed by atoms with Gasteiger partial charge in [-0.2, -0.15) is 0 Å². The molecule has 0 bridgehead atoms. The highest BCUT2D eigenvalue weighted by molar-refractivity contribution is 5.81. The largest absolute Gasteiger partial charge is 0.355 e. The van der Waals surface area contributed by atoms with Gasteiger partial charge in [-0.25, -0.2) is 4.98 Å². The zero-order chi connectivity index (χ0) is 22.3. The average molecular weight is 433 g/mol.